The Labute approximate surface area is 157 Å². The number of benzene rings is 1. The number of aromatic nitrogens is 2. The molecule has 1 aliphatic heterocycles. The normalized spacial score (nSPS) is 14.1. The van der Waals surface area contributed by atoms with Crippen LogP contribution in [-0.2, 0) is 10.9 Å². The zero-order chi connectivity index (χ0) is 19.9. The Morgan fingerprint density at radius 2 is 1.89 bits per heavy atom. The average molecular weight is 388 g/mol. The molecule has 0 saturated heterocycles. The number of hydrogen-bond acceptors (Lipinski definition) is 5. The zero-order valence-corrected chi connectivity index (χ0v) is 14.7. The van der Waals surface area contributed by atoms with Crippen molar-refractivity contribution in [2.45, 2.75) is 6.18 Å². The van der Waals surface area contributed by atoms with Gasteiger partial charge in [-0.05, 0) is 24.3 Å². The van der Waals surface area contributed by atoms with E-state index < -0.39 is 17.4 Å². The number of rotatable bonds is 3. The van der Waals surface area contributed by atoms with Crippen LogP contribution in [0.15, 0.2) is 52.3 Å². The van der Waals surface area contributed by atoms with Crippen LogP contribution in [0.2, 0.25) is 0 Å². The van der Waals surface area contributed by atoms with E-state index in [0.29, 0.717) is 29.9 Å². The molecule has 0 bridgehead atoms. The number of ether oxygens (including phenoxy) is 1. The second kappa shape index (κ2) is 6.66. The quantitative estimate of drug-likeness (QED) is 0.748. The second-order valence-corrected chi connectivity index (χ2v) is 6.08. The molecule has 28 heavy (non-hydrogen) atoms. The van der Waals surface area contributed by atoms with Crippen LogP contribution in [0.25, 0.3) is 16.7 Å². The lowest BCUT2D eigenvalue weighted by atomic mass is 10.1. The molecule has 0 aliphatic carbocycles. The smallest absolute Gasteiger partial charge is 0.433 e. The van der Waals surface area contributed by atoms with Crippen molar-refractivity contribution in [3.8, 4) is 5.69 Å². The molecular formula is C19H15F3N4O2. The number of fused-ring (bicyclic) bond motifs is 1. The van der Waals surface area contributed by atoms with Gasteiger partial charge in [0.25, 0.3) is 5.56 Å². The molecule has 9 heteroatoms. The van der Waals surface area contributed by atoms with Crippen LogP contribution in [0.4, 0.5) is 18.9 Å². The van der Waals surface area contributed by atoms with E-state index in [1.54, 1.807) is 37.4 Å². The van der Waals surface area contributed by atoms with Crippen molar-refractivity contribution >= 4 is 22.6 Å². The molecule has 0 spiro atoms. The third-order valence-corrected chi connectivity index (χ3v) is 4.38. The third kappa shape index (κ3) is 2.88. The largest absolute Gasteiger partial charge is 0.475 e. The molecule has 0 amide bonds. The molecule has 0 fully saturated rings. The van der Waals surface area contributed by atoms with Gasteiger partial charge in [-0.15, -0.1) is 0 Å². The van der Waals surface area contributed by atoms with E-state index in [1.807, 2.05) is 0 Å². The Bertz CT molecular complexity index is 1140. The van der Waals surface area contributed by atoms with Gasteiger partial charge in [0.1, 0.15) is 23.5 Å². The van der Waals surface area contributed by atoms with E-state index >= 15 is 0 Å². The summed E-state index contributed by atoms with van der Waals surface area (Å²) in [6.07, 6.45) is -4.64. The van der Waals surface area contributed by atoms with Gasteiger partial charge in [0.05, 0.1) is 17.9 Å². The summed E-state index contributed by atoms with van der Waals surface area (Å²) in [5.41, 5.74) is -0.847. The standard InChI is InChI=1S/C19H15F3N4O2/c1-23-15-12-7-8-13(19(20,21)22)25-16(12)26(11-5-3-2-4-6-11)18(27)14(15)17-24-9-10-28-17/h2-8,23H,9-10H2,1H3. The van der Waals surface area contributed by atoms with Gasteiger partial charge < -0.3 is 10.1 Å². The molecule has 0 saturated carbocycles. The summed E-state index contributed by atoms with van der Waals surface area (Å²) >= 11 is 0. The first kappa shape index (κ1) is 18.0. The highest BCUT2D eigenvalue weighted by Crippen LogP contribution is 2.32. The molecular weight excluding hydrogens is 373 g/mol. The minimum absolute atomic E-state index is 0.0993. The van der Waals surface area contributed by atoms with E-state index in [1.165, 1.54) is 6.07 Å². The molecule has 1 N–H and O–H groups in total. The molecule has 0 radical (unpaired) electrons. The topological polar surface area (TPSA) is 68.5 Å². The molecule has 3 heterocycles. The van der Waals surface area contributed by atoms with E-state index in [2.05, 4.69) is 15.3 Å². The van der Waals surface area contributed by atoms with E-state index in [-0.39, 0.29) is 17.1 Å². The van der Waals surface area contributed by atoms with E-state index in [9.17, 15) is 18.0 Å². The van der Waals surface area contributed by atoms with Crippen molar-refractivity contribution in [2.75, 3.05) is 25.5 Å². The Hall–Kier alpha value is -3.36. The molecule has 144 valence electrons. The lowest BCUT2D eigenvalue weighted by Gasteiger charge is -2.18. The van der Waals surface area contributed by atoms with Crippen LogP contribution in [0.5, 0.6) is 0 Å². The minimum atomic E-state index is -4.64. The fraction of sp³-hybridized carbons (Fsp3) is 0.211. The summed E-state index contributed by atoms with van der Waals surface area (Å²) in [5.74, 6) is 0.167. The monoisotopic (exact) mass is 388 g/mol. The van der Waals surface area contributed by atoms with Gasteiger partial charge in [-0.25, -0.2) is 9.98 Å². The summed E-state index contributed by atoms with van der Waals surface area (Å²) in [6, 6.07) is 10.6. The van der Waals surface area contributed by atoms with Crippen LogP contribution < -0.4 is 10.9 Å². The summed E-state index contributed by atoms with van der Waals surface area (Å²) in [5, 5.41) is 3.25. The highest BCUT2D eigenvalue weighted by molar-refractivity contribution is 6.07. The minimum Gasteiger partial charge on any atom is -0.475 e. The van der Waals surface area contributed by atoms with E-state index in [0.717, 1.165) is 10.6 Å². The van der Waals surface area contributed by atoms with Crippen molar-refractivity contribution in [3.63, 3.8) is 0 Å². The zero-order valence-electron chi connectivity index (χ0n) is 14.7. The fourth-order valence-corrected chi connectivity index (χ4v) is 3.18. The van der Waals surface area contributed by atoms with Gasteiger partial charge in [-0.1, -0.05) is 18.2 Å². The maximum absolute atomic E-state index is 13.4. The summed E-state index contributed by atoms with van der Waals surface area (Å²) < 4.78 is 46.4. The Kier molecular flexibility index (Phi) is 4.29. The highest BCUT2D eigenvalue weighted by atomic mass is 19.4. The van der Waals surface area contributed by atoms with Crippen LogP contribution >= 0.6 is 0 Å². The van der Waals surface area contributed by atoms with Gasteiger partial charge in [0.2, 0.25) is 5.90 Å². The van der Waals surface area contributed by atoms with Crippen LogP contribution in [0.1, 0.15) is 11.3 Å². The summed E-state index contributed by atoms with van der Waals surface area (Å²) in [6.45, 7) is 0.749. The van der Waals surface area contributed by atoms with Gasteiger partial charge in [-0.3, -0.25) is 9.36 Å². The van der Waals surface area contributed by atoms with Crippen LogP contribution in [-0.4, -0.2) is 35.6 Å². The molecule has 2 aromatic heterocycles. The SMILES string of the molecule is CNc1c(C2=NCCO2)c(=O)n(-c2ccccc2)c2nc(C(F)(F)F)ccc12. The Morgan fingerprint density at radius 3 is 2.50 bits per heavy atom. The van der Waals surface area contributed by atoms with Crippen molar-refractivity contribution in [1.82, 2.24) is 9.55 Å². The molecule has 1 aliphatic rings. The van der Waals surface area contributed by atoms with Crippen molar-refractivity contribution < 1.29 is 17.9 Å². The van der Waals surface area contributed by atoms with Gasteiger partial charge in [-0.2, -0.15) is 13.2 Å². The number of pyridine rings is 2. The molecule has 0 atom stereocenters. The van der Waals surface area contributed by atoms with Crippen LogP contribution in [0.3, 0.4) is 0 Å². The number of nitrogens with zero attached hydrogens (tertiary/aromatic N) is 3. The molecule has 0 unspecified atom stereocenters. The number of anilines is 1. The number of halogens is 3. The first-order valence-electron chi connectivity index (χ1n) is 8.49. The fourth-order valence-electron chi connectivity index (χ4n) is 3.18. The van der Waals surface area contributed by atoms with Gasteiger partial charge >= 0.3 is 6.18 Å². The van der Waals surface area contributed by atoms with Crippen molar-refractivity contribution in [1.29, 1.82) is 0 Å². The van der Waals surface area contributed by atoms with Gasteiger partial charge in [0, 0.05) is 12.4 Å². The number of hydrogen-bond donors (Lipinski definition) is 1. The maximum Gasteiger partial charge on any atom is 0.433 e. The lowest BCUT2D eigenvalue weighted by Crippen LogP contribution is -2.29. The number of nitrogens with one attached hydrogen (secondary N) is 1. The van der Waals surface area contributed by atoms with Gasteiger partial charge in [0.15, 0.2) is 0 Å². The predicted octanol–water partition coefficient (Wildman–Crippen LogP) is 3.22. The summed E-state index contributed by atoms with van der Waals surface area (Å²) in [4.78, 5) is 21.3. The third-order valence-electron chi connectivity index (χ3n) is 4.38. The molecule has 6 nitrogen and oxygen atoms in total. The first-order valence-corrected chi connectivity index (χ1v) is 8.49. The highest BCUT2D eigenvalue weighted by Gasteiger charge is 2.34. The number of aliphatic imine (C=N–C) groups is 1. The Balaban J connectivity index is 2.16. The van der Waals surface area contributed by atoms with Crippen molar-refractivity contribution in [2.24, 2.45) is 4.99 Å². The second-order valence-electron chi connectivity index (χ2n) is 6.08. The predicted molar refractivity (Wildman–Crippen MR) is 99.2 cm³/mol. The number of para-hydroxylation sites is 1. The molecule has 1 aromatic carbocycles. The molecule has 4 rings (SSSR count). The summed E-state index contributed by atoms with van der Waals surface area (Å²) in [7, 11) is 1.58. The average Bonchev–Trinajstić information content (AvgIpc) is 3.20. The van der Waals surface area contributed by atoms with Crippen molar-refractivity contribution in [3.05, 3.63) is 64.1 Å². The molecule has 3 aromatic rings. The number of alkyl halides is 3. The first-order chi connectivity index (χ1) is 13.4. The van der Waals surface area contributed by atoms with E-state index in [4.69, 9.17) is 4.74 Å². The maximum atomic E-state index is 13.4. The Morgan fingerprint density at radius 1 is 1.14 bits per heavy atom. The van der Waals surface area contributed by atoms with Crippen LogP contribution in [0, 0.1) is 0 Å². The lowest BCUT2D eigenvalue weighted by molar-refractivity contribution is -0.141.